The SMILES string of the molecule is O=C(O)c1nc(-c2cccs2)n2c1CCC(O)C2. The number of rotatable bonds is 2. The second-order valence-electron chi connectivity index (χ2n) is 4.32. The standard InChI is InChI=1S/C12H12N2O3S/c15-7-3-4-8-10(12(16)17)13-11(14(8)6-7)9-2-1-5-18-9/h1-2,5,7,15H,3-4,6H2,(H,16,17). The zero-order chi connectivity index (χ0) is 12.7. The molecule has 2 aromatic heterocycles. The van der Waals surface area contributed by atoms with Gasteiger partial charge in [-0.3, -0.25) is 0 Å². The Morgan fingerprint density at radius 3 is 3.06 bits per heavy atom. The number of aromatic nitrogens is 2. The molecule has 1 aliphatic heterocycles. The summed E-state index contributed by atoms with van der Waals surface area (Å²) < 4.78 is 1.84. The Hall–Kier alpha value is -1.66. The Balaban J connectivity index is 2.18. The molecule has 18 heavy (non-hydrogen) atoms. The fourth-order valence-corrected chi connectivity index (χ4v) is 3.03. The van der Waals surface area contributed by atoms with Crippen molar-refractivity contribution in [2.75, 3.05) is 0 Å². The molecule has 0 aromatic carbocycles. The number of carboxylic acid groups (broad SMARTS) is 1. The van der Waals surface area contributed by atoms with Crippen molar-refractivity contribution in [3.8, 4) is 10.7 Å². The Morgan fingerprint density at radius 1 is 1.56 bits per heavy atom. The van der Waals surface area contributed by atoms with Gasteiger partial charge in [-0.1, -0.05) is 6.07 Å². The molecule has 2 N–H and O–H groups in total. The number of carbonyl (C=O) groups is 1. The molecule has 0 fully saturated rings. The number of carboxylic acids is 1. The molecule has 1 atom stereocenters. The van der Waals surface area contributed by atoms with E-state index in [2.05, 4.69) is 4.98 Å². The number of hydrogen-bond acceptors (Lipinski definition) is 4. The highest BCUT2D eigenvalue weighted by atomic mass is 32.1. The summed E-state index contributed by atoms with van der Waals surface area (Å²) >= 11 is 1.52. The van der Waals surface area contributed by atoms with Gasteiger partial charge in [-0.2, -0.15) is 0 Å². The van der Waals surface area contributed by atoms with Crippen LogP contribution in [0.15, 0.2) is 17.5 Å². The first kappa shape index (κ1) is 11.4. The first-order valence-corrected chi connectivity index (χ1v) is 6.59. The smallest absolute Gasteiger partial charge is 0.356 e. The van der Waals surface area contributed by atoms with Gasteiger partial charge in [0.25, 0.3) is 0 Å². The Bertz CT molecular complexity index is 589. The molecule has 94 valence electrons. The van der Waals surface area contributed by atoms with Crippen LogP contribution in [-0.2, 0) is 13.0 Å². The van der Waals surface area contributed by atoms with E-state index in [9.17, 15) is 15.0 Å². The zero-order valence-electron chi connectivity index (χ0n) is 9.54. The average molecular weight is 264 g/mol. The third kappa shape index (κ3) is 1.74. The van der Waals surface area contributed by atoms with E-state index in [1.807, 2.05) is 22.1 Å². The van der Waals surface area contributed by atoms with Crippen LogP contribution in [-0.4, -0.2) is 31.8 Å². The quantitative estimate of drug-likeness (QED) is 0.864. The molecular weight excluding hydrogens is 252 g/mol. The van der Waals surface area contributed by atoms with Crippen molar-refractivity contribution >= 4 is 17.3 Å². The van der Waals surface area contributed by atoms with Gasteiger partial charge in [-0.05, 0) is 24.3 Å². The van der Waals surface area contributed by atoms with Gasteiger partial charge in [-0.25, -0.2) is 9.78 Å². The summed E-state index contributed by atoms with van der Waals surface area (Å²) in [5, 5.41) is 20.8. The van der Waals surface area contributed by atoms with Crippen LogP contribution in [0, 0.1) is 0 Å². The molecule has 1 aliphatic rings. The van der Waals surface area contributed by atoms with E-state index in [1.165, 1.54) is 11.3 Å². The number of thiophene rings is 1. The van der Waals surface area contributed by atoms with Crippen LogP contribution in [0.2, 0.25) is 0 Å². The molecule has 6 heteroatoms. The van der Waals surface area contributed by atoms with Gasteiger partial charge in [0.2, 0.25) is 0 Å². The highest BCUT2D eigenvalue weighted by molar-refractivity contribution is 7.13. The molecule has 0 aliphatic carbocycles. The topological polar surface area (TPSA) is 75.3 Å². The molecular formula is C12H12N2O3S. The molecule has 0 bridgehead atoms. The van der Waals surface area contributed by atoms with Crippen molar-refractivity contribution in [2.24, 2.45) is 0 Å². The minimum Gasteiger partial charge on any atom is -0.476 e. The van der Waals surface area contributed by atoms with Crippen LogP contribution in [0.3, 0.4) is 0 Å². The summed E-state index contributed by atoms with van der Waals surface area (Å²) in [4.78, 5) is 16.4. The molecule has 2 aromatic rings. The zero-order valence-corrected chi connectivity index (χ0v) is 10.4. The second-order valence-corrected chi connectivity index (χ2v) is 5.26. The first-order chi connectivity index (χ1) is 8.66. The predicted molar refractivity (Wildman–Crippen MR) is 66.8 cm³/mol. The fraction of sp³-hybridized carbons (Fsp3) is 0.333. The normalized spacial score (nSPS) is 18.6. The minimum atomic E-state index is -1.00. The number of nitrogens with zero attached hydrogens (tertiary/aromatic N) is 2. The average Bonchev–Trinajstić information content (AvgIpc) is 2.93. The number of aliphatic hydroxyl groups excluding tert-OH is 1. The summed E-state index contributed by atoms with van der Waals surface area (Å²) in [6, 6.07) is 3.81. The van der Waals surface area contributed by atoms with Crippen molar-refractivity contribution in [3.05, 3.63) is 28.9 Å². The molecule has 0 spiro atoms. The summed E-state index contributed by atoms with van der Waals surface area (Å²) in [6.45, 7) is 0.419. The van der Waals surface area contributed by atoms with Crippen LogP contribution in [0.5, 0.6) is 0 Å². The van der Waals surface area contributed by atoms with Gasteiger partial charge in [0.05, 0.1) is 23.2 Å². The van der Waals surface area contributed by atoms with E-state index >= 15 is 0 Å². The van der Waals surface area contributed by atoms with Gasteiger partial charge in [0.1, 0.15) is 0 Å². The van der Waals surface area contributed by atoms with Crippen LogP contribution in [0.1, 0.15) is 22.6 Å². The molecule has 0 saturated carbocycles. The number of hydrogen-bond donors (Lipinski definition) is 2. The van der Waals surface area contributed by atoms with Crippen LogP contribution >= 0.6 is 11.3 Å². The minimum absolute atomic E-state index is 0.116. The maximum atomic E-state index is 11.2. The van der Waals surface area contributed by atoms with E-state index in [-0.39, 0.29) is 5.69 Å². The summed E-state index contributed by atoms with van der Waals surface area (Å²) in [5.74, 6) is -0.353. The van der Waals surface area contributed by atoms with Crippen molar-refractivity contribution in [1.82, 2.24) is 9.55 Å². The number of aromatic carboxylic acids is 1. The summed E-state index contributed by atoms with van der Waals surface area (Å²) in [6.07, 6.45) is 0.726. The van der Waals surface area contributed by atoms with Gasteiger partial charge >= 0.3 is 5.97 Å². The fourth-order valence-electron chi connectivity index (χ4n) is 2.31. The van der Waals surface area contributed by atoms with E-state index in [4.69, 9.17) is 0 Å². The number of fused-ring (bicyclic) bond motifs is 1. The molecule has 0 radical (unpaired) electrons. The third-order valence-corrected chi connectivity index (χ3v) is 3.99. The van der Waals surface area contributed by atoms with Crippen molar-refractivity contribution in [1.29, 1.82) is 0 Å². The van der Waals surface area contributed by atoms with E-state index in [1.54, 1.807) is 0 Å². The predicted octanol–water partition coefficient (Wildman–Crippen LogP) is 1.62. The first-order valence-electron chi connectivity index (χ1n) is 5.71. The third-order valence-electron chi connectivity index (χ3n) is 3.12. The summed E-state index contributed by atoms with van der Waals surface area (Å²) in [7, 11) is 0. The van der Waals surface area contributed by atoms with Crippen LogP contribution in [0.25, 0.3) is 10.7 Å². The van der Waals surface area contributed by atoms with Crippen LogP contribution in [0.4, 0.5) is 0 Å². The maximum Gasteiger partial charge on any atom is 0.356 e. The Morgan fingerprint density at radius 2 is 2.39 bits per heavy atom. The van der Waals surface area contributed by atoms with E-state index in [0.29, 0.717) is 25.2 Å². The highest BCUT2D eigenvalue weighted by Gasteiger charge is 2.27. The van der Waals surface area contributed by atoms with E-state index < -0.39 is 12.1 Å². The van der Waals surface area contributed by atoms with Crippen molar-refractivity contribution in [2.45, 2.75) is 25.5 Å². The molecule has 5 nitrogen and oxygen atoms in total. The molecule has 1 unspecified atom stereocenters. The Labute approximate surface area is 107 Å². The summed E-state index contributed by atoms with van der Waals surface area (Å²) in [5.41, 5.74) is 0.835. The largest absolute Gasteiger partial charge is 0.476 e. The lowest BCUT2D eigenvalue weighted by atomic mass is 10.1. The second kappa shape index (κ2) is 4.22. The maximum absolute atomic E-state index is 11.2. The number of aliphatic hydroxyl groups is 1. The molecule has 0 amide bonds. The van der Waals surface area contributed by atoms with E-state index in [0.717, 1.165) is 10.6 Å². The molecule has 3 heterocycles. The monoisotopic (exact) mass is 264 g/mol. The van der Waals surface area contributed by atoms with Gasteiger partial charge in [-0.15, -0.1) is 11.3 Å². The lowest BCUT2D eigenvalue weighted by molar-refractivity contribution is 0.0686. The van der Waals surface area contributed by atoms with Crippen LogP contribution < -0.4 is 0 Å². The van der Waals surface area contributed by atoms with Crippen molar-refractivity contribution < 1.29 is 15.0 Å². The van der Waals surface area contributed by atoms with Gasteiger partial charge in [0, 0.05) is 0 Å². The Kier molecular flexibility index (Phi) is 2.68. The van der Waals surface area contributed by atoms with Gasteiger partial charge < -0.3 is 14.8 Å². The lowest BCUT2D eigenvalue weighted by Gasteiger charge is -2.21. The molecule has 0 saturated heterocycles. The van der Waals surface area contributed by atoms with Crippen molar-refractivity contribution in [3.63, 3.8) is 0 Å². The number of imidazole rings is 1. The van der Waals surface area contributed by atoms with Gasteiger partial charge in [0.15, 0.2) is 11.5 Å². The highest BCUT2D eigenvalue weighted by Crippen LogP contribution is 2.30. The molecule has 3 rings (SSSR count). The lowest BCUT2D eigenvalue weighted by Crippen LogP contribution is -2.25.